The summed E-state index contributed by atoms with van der Waals surface area (Å²) in [7, 11) is 4.91. The molecule has 0 saturated carbocycles. The highest BCUT2D eigenvalue weighted by atomic mass is 19.4. The summed E-state index contributed by atoms with van der Waals surface area (Å²) in [5.74, 6) is -14.7. The maximum Gasteiger partial charge on any atom is 0.471 e. The van der Waals surface area contributed by atoms with Crippen LogP contribution in [0.4, 0.5) is 71.1 Å². The van der Waals surface area contributed by atoms with Crippen molar-refractivity contribution >= 4 is 23.9 Å². The Morgan fingerprint density at radius 1 is 0.443 bits per heavy atom. The number of carbonyl (C=O) groups is 4. The third-order valence-electron chi connectivity index (χ3n) is 15.0. The summed E-state index contributed by atoms with van der Waals surface area (Å²) in [6.07, 6.45) is -9.32. The van der Waals surface area contributed by atoms with Gasteiger partial charge in [-0.3, -0.25) is 14.4 Å². The minimum atomic E-state index is -4.68. The fourth-order valence-electron chi connectivity index (χ4n) is 8.36. The quantitative estimate of drug-likeness (QED) is 0.0177. The third kappa shape index (κ3) is 29.9. The number of alkyl halides is 14. The number of benzene rings is 5. The standard InChI is InChI=1S/C16H19F2N3O3.C15H17F3N4O.C14H13F4N3O3.C13H13F3N4O3.C13H14F2N4O2/c1-15(2,23-4)13(22)19-9-10-5-7-11(8-6-10)12-20-14(24-21-12)16(3,17)18;1-4-22(3)10(2)19-9-11-5-7-12(8-6-11)13-20-14(23-21-13)15(16,17)18;1-14(17,18)12-20-11(21-24-12)9-4-2-8(3-5-9)6-19-10(22)7-23-13(15)16;1-2-22-20-12(21)17-7-8-3-5-9(6-4-8)10-18-11(23-19-10)13(14,15)16;1-13(14,15)11-18-10(19-21-11)9-5-3-8(4-6-9)7-17-12(20)16-2/h5-8H,9H2,1-4H3,(H,19,22);5-8,19H,2,4,9H2,1,3H3;2-5,13H,6-7H2,1H3,(H,19,22);3-6H,2,7H2,1H3,(H2,17,20,21);3-6H,7H2,1-2H3,(H2,16,17,20). The van der Waals surface area contributed by atoms with Crippen molar-refractivity contribution < 1.29 is 118 Å². The molecule has 0 atom stereocenters. The number of urea groups is 2. The lowest BCUT2D eigenvalue weighted by atomic mass is 10.1. The van der Waals surface area contributed by atoms with Crippen LogP contribution in [0.3, 0.4) is 0 Å². The highest BCUT2D eigenvalue weighted by Gasteiger charge is 2.40. The fourth-order valence-corrected chi connectivity index (χ4v) is 8.36. The molecule has 0 unspecified atom stereocenters. The molecule has 6 amide bonds. The van der Waals surface area contributed by atoms with E-state index in [2.05, 4.69) is 122 Å². The molecule has 0 aliphatic heterocycles. The average Bonchev–Trinajstić information content (AvgIpc) is 1.72. The number of methoxy groups -OCH3 is 1. The monoisotopic (exact) mass is 1640 g/mol. The Hall–Kier alpha value is -12.5. The number of halogens is 14. The second-order valence-corrected chi connectivity index (χ2v) is 24.5. The zero-order valence-electron chi connectivity index (χ0n) is 62.6. The van der Waals surface area contributed by atoms with E-state index in [1.54, 1.807) is 130 Å². The number of nitrogens with one attached hydrogen (secondary N) is 7. The predicted molar refractivity (Wildman–Crippen MR) is 377 cm³/mol. The molecule has 0 bridgehead atoms. The molecule has 5 heterocycles. The van der Waals surface area contributed by atoms with Gasteiger partial charge in [-0.15, -0.1) is 0 Å². The first-order chi connectivity index (χ1) is 54.0. The molecule has 30 nitrogen and oxygen atoms in total. The normalized spacial score (nSPS) is 11.6. The molecular weight excluding hydrogens is 1560 g/mol. The minimum Gasteiger partial charge on any atom is -0.369 e. The van der Waals surface area contributed by atoms with E-state index in [0.717, 1.165) is 34.6 Å². The summed E-state index contributed by atoms with van der Waals surface area (Å²) < 4.78 is 207. The molecule has 620 valence electrons. The fraction of sp³-hybridized carbons (Fsp3) is 0.352. The molecule has 7 N–H and O–H groups in total. The topological polar surface area (TPSA) is 378 Å². The lowest BCUT2D eigenvalue weighted by Gasteiger charge is -2.21. The number of hydroxylamine groups is 1. The molecule has 10 rings (SSSR count). The molecule has 5 aromatic heterocycles. The van der Waals surface area contributed by atoms with Gasteiger partial charge in [-0.2, -0.15) is 86.4 Å². The number of hydrogen-bond acceptors (Lipinski definition) is 24. The minimum absolute atomic E-state index is 0.00689. The van der Waals surface area contributed by atoms with E-state index in [1.165, 1.54) is 26.3 Å². The van der Waals surface area contributed by atoms with Crippen molar-refractivity contribution in [3.63, 3.8) is 0 Å². The molecule has 0 fully saturated rings. The van der Waals surface area contributed by atoms with Gasteiger partial charge >= 0.3 is 60.6 Å². The van der Waals surface area contributed by atoms with Gasteiger partial charge in [0.2, 0.25) is 35.0 Å². The van der Waals surface area contributed by atoms with Gasteiger partial charge in [0.1, 0.15) is 12.2 Å². The van der Waals surface area contributed by atoms with Gasteiger partial charge in [0.15, 0.2) is 0 Å². The third-order valence-corrected chi connectivity index (χ3v) is 15.0. The van der Waals surface area contributed by atoms with E-state index in [1.807, 2.05) is 18.9 Å². The average molecular weight is 1640 g/mol. The maximum atomic E-state index is 13.1. The largest absolute Gasteiger partial charge is 0.471 e. The summed E-state index contributed by atoms with van der Waals surface area (Å²) in [4.78, 5) is 69.7. The van der Waals surface area contributed by atoms with Crippen LogP contribution in [-0.4, -0.2) is 133 Å². The van der Waals surface area contributed by atoms with E-state index in [9.17, 15) is 80.6 Å². The Balaban J connectivity index is 0.000000224. The molecule has 0 saturated heterocycles. The van der Waals surface area contributed by atoms with Crippen molar-refractivity contribution in [1.29, 1.82) is 0 Å². The second-order valence-electron chi connectivity index (χ2n) is 24.5. The van der Waals surface area contributed by atoms with Crippen LogP contribution >= 0.6 is 0 Å². The first kappa shape index (κ1) is 91.4. The van der Waals surface area contributed by atoms with Crippen LogP contribution in [-0.2, 0) is 86.7 Å². The second kappa shape index (κ2) is 41.3. The van der Waals surface area contributed by atoms with Gasteiger partial charge in [-0.05, 0) is 55.5 Å². The van der Waals surface area contributed by atoms with Gasteiger partial charge in [0, 0.05) is 109 Å². The first-order valence-electron chi connectivity index (χ1n) is 33.7. The number of amides is 6. The van der Waals surface area contributed by atoms with E-state index in [4.69, 9.17) is 9.57 Å². The van der Waals surface area contributed by atoms with Crippen LogP contribution in [0.5, 0.6) is 0 Å². The summed E-state index contributed by atoms with van der Waals surface area (Å²) in [5, 5.41) is 33.1. The van der Waals surface area contributed by atoms with Gasteiger partial charge in [-0.25, -0.2) is 15.1 Å². The Kier molecular flexibility index (Phi) is 32.9. The van der Waals surface area contributed by atoms with E-state index in [-0.39, 0.29) is 54.1 Å². The van der Waals surface area contributed by atoms with Crippen LogP contribution in [0.2, 0.25) is 0 Å². The van der Waals surface area contributed by atoms with Crippen molar-refractivity contribution in [2.24, 2.45) is 0 Å². The molecule has 0 aliphatic carbocycles. The van der Waals surface area contributed by atoms with Crippen molar-refractivity contribution in [1.82, 2.24) is 93.0 Å². The zero-order valence-corrected chi connectivity index (χ0v) is 62.6. The van der Waals surface area contributed by atoms with Crippen LogP contribution in [0, 0.1) is 0 Å². The Morgan fingerprint density at radius 3 is 0.991 bits per heavy atom. The first-order valence-corrected chi connectivity index (χ1v) is 33.7. The zero-order chi connectivity index (χ0) is 85.1. The lowest BCUT2D eigenvalue weighted by molar-refractivity contribution is -0.160. The van der Waals surface area contributed by atoms with Gasteiger partial charge in [0.25, 0.3) is 23.6 Å². The maximum absolute atomic E-state index is 13.1. The predicted octanol–water partition coefficient (Wildman–Crippen LogP) is 13.6. The smallest absolute Gasteiger partial charge is 0.369 e. The summed E-state index contributed by atoms with van der Waals surface area (Å²) in [6.45, 7) is 12.0. The van der Waals surface area contributed by atoms with Crippen LogP contribution in [0.1, 0.15) is 106 Å². The van der Waals surface area contributed by atoms with Crippen molar-refractivity contribution in [3.05, 3.63) is 191 Å². The SMILES string of the molecule is C=C(NCc1ccc(-c2noc(C(F)(F)F)n2)cc1)N(C)CC.CC(F)(F)c1nc(-c2ccc(CNC(=O)COC(F)F)cc2)no1.CCONC(=O)NCc1ccc(-c2noc(C(F)(F)F)n2)cc1.CNC(=O)NCc1ccc(-c2noc(C(C)(F)F)n2)cc1.COC(C)(C)C(=O)NCc1ccc(-c2noc(C(C)(F)F)n2)cc1. The molecule has 0 aliphatic rings. The molecule has 10 aromatic rings. The molecule has 0 spiro atoms. The number of rotatable bonds is 28. The van der Waals surface area contributed by atoms with Gasteiger partial charge in [-0.1, -0.05) is 154 Å². The van der Waals surface area contributed by atoms with E-state index in [0.29, 0.717) is 80.4 Å². The molecule has 0 radical (unpaired) electrons. The van der Waals surface area contributed by atoms with E-state index >= 15 is 0 Å². The number of aromatic nitrogens is 10. The van der Waals surface area contributed by atoms with Crippen molar-refractivity contribution in [2.45, 2.75) is 124 Å². The number of nitrogens with zero attached hydrogens (tertiary/aromatic N) is 11. The van der Waals surface area contributed by atoms with Crippen LogP contribution < -0.4 is 37.4 Å². The Bertz CT molecular complexity index is 4700. The van der Waals surface area contributed by atoms with Crippen molar-refractivity contribution in [2.75, 3.05) is 41.0 Å². The number of hydrogen-bond donors (Lipinski definition) is 7. The summed E-state index contributed by atoms with van der Waals surface area (Å²) in [5.41, 5.74) is 7.67. The highest BCUT2D eigenvalue weighted by molar-refractivity contribution is 5.84. The molecule has 115 heavy (non-hydrogen) atoms. The Morgan fingerprint density at radius 2 is 0.730 bits per heavy atom. The lowest BCUT2D eigenvalue weighted by Crippen LogP contribution is -2.43. The Labute approximate surface area is 644 Å². The van der Waals surface area contributed by atoms with Crippen LogP contribution in [0.15, 0.2) is 156 Å². The summed E-state index contributed by atoms with van der Waals surface area (Å²) in [6, 6.07) is 32.4. The molecule has 44 heteroatoms. The number of ether oxygens (including phenoxy) is 2. The van der Waals surface area contributed by atoms with Crippen LogP contribution in [0.25, 0.3) is 56.9 Å². The van der Waals surface area contributed by atoms with Gasteiger partial charge in [0.05, 0.1) is 12.4 Å². The highest BCUT2D eigenvalue weighted by Crippen LogP contribution is 2.34. The molecule has 5 aromatic carbocycles. The van der Waals surface area contributed by atoms with E-state index < -0.39 is 90.3 Å². The molecular formula is C71H76F14N18O12. The number of carbonyl (C=O) groups excluding carboxylic acids is 4. The van der Waals surface area contributed by atoms with Gasteiger partial charge < -0.3 is 68.9 Å². The summed E-state index contributed by atoms with van der Waals surface area (Å²) >= 11 is 0. The van der Waals surface area contributed by atoms with Crippen molar-refractivity contribution in [3.8, 4) is 56.9 Å².